The van der Waals surface area contributed by atoms with Crippen molar-refractivity contribution in [3.8, 4) is 0 Å². The average Bonchev–Trinajstić information content (AvgIpc) is 2.18. The van der Waals surface area contributed by atoms with Crippen molar-refractivity contribution in [3.63, 3.8) is 0 Å². The molecule has 1 rings (SSSR count). The summed E-state index contributed by atoms with van der Waals surface area (Å²) in [5.74, 6) is 0. The molecule has 0 unspecified atom stereocenters. The molecule has 76 valence electrons. The van der Waals surface area contributed by atoms with Crippen LogP contribution in [0, 0.1) is 0 Å². The highest BCUT2D eigenvalue weighted by atomic mass is 79.9. The molecule has 0 atom stereocenters. The van der Waals surface area contributed by atoms with Gasteiger partial charge in [0.1, 0.15) is 0 Å². The molecule has 0 aromatic heterocycles. The van der Waals surface area contributed by atoms with Crippen LogP contribution in [0.4, 0.5) is 0 Å². The van der Waals surface area contributed by atoms with Gasteiger partial charge < -0.3 is 0 Å². The van der Waals surface area contributed by atoms with Crippen molar-refractivity contribution >= 4 is 39.1 Å². The molecule has 0 heterocycles. The first-order valence-corrected chi connectivity index (χ1v) is 6.26. The molecule has 0 saturated carbocycles. The highest BCUT2D eigenvalue weighted by Gasteiger charge is 1.98. The van der Waals surface area contributed by atoms with Gasteiger partial charge in [-0.1, -0.05) is 51.3 Å². The zero-order valence-corrected chi connectivity index (χ0v) is 10.7. The molecule has 0 aliphatic rings. The molecule has 0 aliphatic carbocycles. The third-order valence-electron chi connectivity index (χ3n) is 1.79. The summed E-state index contributed by atoms with van der Waals surface area (Å²) in [7, 11) is 0. The Kier molecular flexibility index (Phi) is 5.61. The fourth-order valence-corrected chi connectivity index (χ4v) is 1.74. The summed E-state index contributed by atoms with van der Waals surface area (Å²) in [6, 6.07) is 5.54. The molecule has 1 aromatic carbocycles. The SMILES string of the molecule is Clc1ccc(Cl)c(CC=CCCBr)c1. The van der Waals surface area contributed by atoms with Crippen LogP contribution in [0.25, 0.3) is 0 Å². The molecule has 1 aromatic rings. The van der Waals surface area contributed by atoms with Crippen molar-refractivity contribution in [2.75, 3.05) is 5.33 Å². The van der Waals surface area contributed by atoms with E-state index in [1.54, 1.807) is 6.07 Å². The second kappa shape index (κ2) is 6.49. The van der Waals surface area contributed by atoms with Crippen molar-refractivity contribution in [3.05, 3.63) is 46.0 Å². The van der Waals surface area contributed by atoms with Gasteiger partial charge >= 0.3 is 0 Å². The van der Waals surface area contributed by atoms with E-state index in [0.29, 0.717) is 0 Å². The summed E-state index contributed by atoms with van der Waals surface area (Å²) < 4.78 is 0. The first-order valence-electron chi connectivity index (χ1n) is 4.39. The normalized spacial score (nSPS) is 11.1. The molecule has 0 N–H and O–H groups in total. The van der Waals surface area contributed by atoms with Crippen LogP contribution < -0.4 is 0 Å². The van der Waals surface area contributed by atoms with Crippen LogP contribution >= 0.6 is 39.1 Å². The van der Waals surface area contributed by atoms with E-state index in [1.165, 1.54) is 0 Å². The van der Waals surface area contributed by atoms with Crippen LogP contribution in [0.1, 0.15) is 12.0 Å². The van der Waals surface area contributed by atoms with E-state index in [1.807, 2.05) is 12.1 Å². The maximum Gasteiger partial charge on any atom is 0.0442 e. The maximum atomic E-state index is 6.01. The Morgan fingerprint density at radius 3 is 2.71 bits per heavy atom. The fourth-order valence-electron chi connectivity index (χ4n) is 1.09. The lowest BCUT2D eigenvalue weighted by Gasteiger charge is -2.00. The van der Waals surface area contributed by atoms with Crippen LogP contribution in [0.5, 0.6) is 0 Å². The lowest BCUT2D eigenvalue weighted by Crippen LogP contribution is -1.83. The van der Waals surface area contributed by atoms with E-state index < -0.39 is 0 Å². The smallest absolute Gasteiger partial charge is 0.0442 e. The Bertz CT molecular complexity index is 321. The minimum atomic E-state index is 0.735. The highest BCUT2D eigenvalue weighted by Crippen LogP contribution is 2.21. The van der Waals surface area contributed by atoms with Crippen LogP contribution in [0.3, 0.4) is 0 Å². The first kappa shape index (κ1) is 12.1. The van der Waals surface area contributed by atoms with E-state index in [0.717, 1.165) is 33.8 Å². The van der Waals surface area contributed by atoms with Crippen molar-refractivity contribution in [2.45, 2.75) is 12.8 Å². The van der Waals surface area contributed by atoms with Gasteiger partial charge in [0.05, 0.1) is 0 Å². The molecule has 0 bridgehead atoms. The van der Waals surface area contributed by atoms with Crippen molar-refractivity contribution in [1.82, 2.24) is 0 Å². The van der Waals surface area contributed by atoms with Gasteiger partial charge in [0.2, 0.25) is 0 Å². The largest absolute Gasteiger partial charge is 0.0925 e. The van der Waals surface area contributed by atoms with Gasteiger partial charge in [-0.25, -0.2) is 0 Å². The summed E-state index contributed by atoms with van der Waals surface area (Å²) in [4.78, 5) is 0. The minimum Gasteiger partial charge on any atom is -0.0925 e. The molecule has 0 spiro atoms. The summed E-state index contributed by atoms with van der Waals surface area (Å²) in [6.45, 7) is 0. The Labute approximate surface area is 103 Å². The third kappa shape index (κ3) is 4.04. The molecule has 0 radical (unpaired) electrons. The summed E-state index contributed by atoms with van der Waals surface area (Å²) in [6.07, 6.45) is 6.12. The summed E-state index contributed by atoms with van der Waals surface area (Å²) in [5, 5.41) is 2.50. The van der Waals surface area contributed by atoms with E-state index in [4.69, 9.17) is 23.2 Å². The number of hydrogen-bond acceptors (Lipinski definition) is 0. The van der Waals surface area contributed by atoms with E-state index >= 15 is 0 Å². The lowest BCUT2D eigenvalue weighted by atomic mass is 10.1. The number of hydrogen-bond donors (Lipinski definition) is 0. The highest BCUT2D eigenvalue weighted by molar-refractivity contribution is 9.09. The van der Waals surface area contributed by atoms with Crippen molar-refractivity contribution in [2.24, 2.45) is 0 Å². The average molecular weight is 294 g/mol. The van der Waals surface area contributed by atoms with Gasteiger partial charge in [0, 0.05) is 15.4 Å². The van der Waals surface area contributed by atoms with Crippen LogP contribution in [-0.4, -0.2) is 5.33 Å². The van der Waals surface area contributed by atoms with Crippen molar-refractivity contribution < 1.29 is 0 Å². The predicted octanol–water partition coefficient (Wildman–Crippen LogP) is 4.88. The quantitative estimate of drug-likeness (QED) is 0.548. The third-order valence-corrected chi connectivity index (χ3v) is 2.85. The molecular formula is C11H11BrCl2. The molecular weight excluding hydrogens is 283 g/mol. The Morgan fingerprint density at radius 2 is 2.00 bits per heavy atom. The topological polar surface area (TPSA) is 0 Å². The number of benzene rings is 1. The second-order valence-electron chi connectivity index (χ2n) is 2.89. The van der Waals surface area contributed by atoms with Gasteiger partial charge in [-0.2, -0.15) is 0 Å². The molecule has 0 fully saturated rings. The van der Waals surface area contributed by atoms with Crippen LogP contribution in [0.15, 0.2) is 30.4 Å². The molecule has 14 heavy (non-hydrogen) atoms. The maximum absolute atomic E-state index is 6.01. The van der Waals surface area contributed by atoms with E-state index in [-0.39, 0.29) is 0 Å². The summed E-state index contributed by atoms with van der Waals surface area (Å²) >= 11 is 15.2. The standard InChI is InChI=1S/C11H11BrCl2/c12-7-3-1-2-4-9-8-10(13)5-6-11(9)14/h1-2,5-6,8H,3-4,7H2. The Hall–Kier alpha value is 0.0200. The lowest BCUT2D eigenvalue weighted by molar-refractivity contribution is 1.20. The van der Waals surface area contributed by atoms with Gasteiger partial charge in [-0.3, -0.25) is 0 Å². The molecule has 0 nitrogen and oxygen atoms in total. The number of rotatable bonds is 4. The van der Waals surface area contributed by atoms with Crippen LogP contribution in [0.2, 0.25) is 10.0 Å². The molecule has 3 heteroatoms. The fraction of sp³-hybridized carbons (Fsp3) is 0.273. The molecule has 0 saturated heterocycles. The molecule has 0 aliphatic heterocycles. The Morgan fingerprint density at radius 1 is 1.21 bits per heavy atom. The number of alkyl halides is 1. The Balaban J connectivity index is 2.62. The second-order valence-corrected chi connectivity index (χ2v) is 4.53. The van der Waals surface area contributed by atoms with E-state index in [9.17, 15) is 0 Å². The van der Waals surface area contributed by atoms with Gasteiger partial charge in [0.25, 0.3) is 0 Å². The zero-order valence-electron chi connectivity index (χ0n) is 7.64. The van der Waals surface area contributed by atoms with Crippen molar-refractivity contribution in [1.29, 1.82) is 0 Å². The van der Waals surface area contributed by atoms with Gasteiger partial charge in [0.15, 0.2) is 0 Å². The summed E-state index contributed by atoms with van der Waals surface area (Å²) in [5.41, 5.74) is 1.07. The zero-order chi connectivity index (χ0) is 10.4. The number of allylic oxidation sites excluding steroid dienone is 2. The monoisotopic (exact) mass is 292 g/mol. The number of halogens is 3. The van der Waals surface area contributed by atoms with E-state index in [2.05, 4.69) is 28.1 Å². The predicted molar refractivity (Wildman–Crippen MR) is 67.7 cm³/mol. The molecule has 0 amide bonds. The van der Waals surface area contributed by atoms with Crippen LogP contribution in [-0.2, 0) is 6.42 Å². The minimum absolute atomic E-state index is 0.735. The first-order chi connectivity index (χ1) is 6.74. The van der Waals surface area contributed by atoms with Gasteiger partial charge in [-0.15, -0.1) is 0 Å². The van der Waals surface area contributed by atoms with Gasteiger partial charge in [-0.05, 0) is 36.6 Å².